The highest BCUT2D eigenvalue weighted by atomic mass is 19.4. The fraction of sp³-hybridized carbons (Fsp3) is 0.692. The monoisotopic (exact) mass is 458 g/mol. The zero-order valence-electron chi connectivity index (χ0n) is 18.7. The summed E-state index contributed by atoms with van der Waals surface area (Å²) in [6.45, 7) is -0.222. The maximum Gasteiger partial charge on any atom is 0.573 e. The van der Waals surface area contributed by atoms with Crippen LogP contribution in [0.15, 0.2) is 30.4 Å². The van der Waals surface area contributed by atoms with E-state index in [0.717, 1.165) is 68.4 Å². The van der Waals surface area contributed by atoms with Gasteiger partial charge in [-0.3, -0.25) is 4.39 Å². The number of hydrogen-bond donors (Lipinski definition) is 0. The third kappa shape index (κ3) is 7.77. The summed E-state index contributed by atoms with van der Waals surface area (Å²) in [5.41, 5.74) is 0.775. The van der Waals surface area contributed by atoms with Crippen molar-refractivity contribution in [3.05, 3.63) is 41.7 Å². The molecule has 0 bridgehead atoms. The van der Waals surface area contributed by atoms with E-state index < -0.39 is 17.9 Å². The molecule has 0 aliphatic heterocycles. The Morgan fingerprint density at radius 1 is 0.875 bits per heavy atom. The molecule has 0 heterocycles. The normalized spacial score (nSPS) is 27.0. The predicted molar refractivity (Wildman–Crippen MR) is 117 cm³/mol. The largest absolute Gasteiger partial charge is 0.573 e. The molecule has 2 aliphatic rings. The van der Waals surface area contributed by atoms with Crippen molar-refractivity contribution in [2.24, 2.45) is 17.8 Å². The fourth-order valence-corrected chi connectivity index (χ4v) is 5.56. The van der Waals surface area contributed by atoms with Crippen LogP contribution in [0.3, 0.4) is 0 Å². The van der Waals surface area contributed by atoms with Crippen LogP contribution in [0.25, 0.3) is 0 Å². The van der Waals surface area contributed by atoms with Gasteiger partial charge >= 0.3 is 6.36 Å². The minimum Gasteiger partial charge on any atom is -0.403 e. The summed E-state index contributed by atoms with van der Waals surface area (Å²) >= 11 is 0. The molecule has 2 saturated carbocycles. The molecule has 3 rings (SSSR count). The molecule has 0 radical (unpaired) electrons. The predicted octanol–water partition coefficient (Wildman–Crippen LogP) is 8.89. The quantitative estimate of drug-likeness (QED) is 0.204. The number of hydrogen-bond acceptors (Lipinski definition) is 1. The zero-order chi connectivity index (χ0) is 23.0. The first kappa shape index (κ1) is 25.0. The smallest absolute Gasteiger partial charge is 0.403 e. The fourth-order valence-electron chi connectivity index (χ4n) is 5.56. The Balaban J connectivity index is 1.39. The molecule has 0 saturated heterocycles. The standard InChI is InChI=1S/C26H35F5O/c27-17-5-3-1-2-4-6-19-7-9-20(10-8-19)21-11-13-22(14-12-21)23-15-16-25(24(28)18-23)32-26(29,30)31/h2,4,15-16,18-22H,1,3,5-14,17H2. The van der Waals surface area contributed by atoms with Gasteiger partial charge in [0, 0.05) is 0 Å². The highest BCUT2D eigenvalue weighted by Crippen LogP contribution is 2.44. The average molecular weight is 459 g/mol. The maximum atomic E-state index is 14.1. The van der Waals surface area contributed by atoms with Crippen LogP contribution in [0.4, 0.5) is 22.0 Å². The highest BCUT2D eigenvalue weighted by Gasteiger charge is 2.33. The number of rotatable bonds is 9. The van der Waals surface area contributed by atoms with Gasteiger partial charge in [0.2, 0.25) is 0 Å². The number of ether oxygens (including phenoxy) is 1. The molecule has 0 unspecified atom stereocenters. The van der Waals surface area contributed by atoms with Gasteiger partial charge in [-0.1, -0.05) is 18.2 Å². The summed E-state index contributed by atoms with van der Waals surface area (Å²) in [5, 5.41) is 0. The molecule has 1 nitrogen and oxygen atoms in total. The van der Waals surface area contributed by atoms with Crippen molar-refractivity contribution >= 4 is 0 Å². The van der Waals surface area contributed by atoms with E-state index in [1.54, 1.807) is 6.07 Å². The Morgan fingerprint density at radius 2 is 1.53 bits per heavy atom. The van der Waals surface area contributed by atoms with E-state index in [1.165, 1.54) is 31.7 Å². The van der Waals surface area contributed by atoms with Crippen LogP contribution in [0.5, 0.6) is 5.75 Å². The Kier molecular flexibility index (Phi) is 9.42. The SMILES string of the molecule is FCCCCC=CCC1CCC(C2CCC(c3ccc(OC(F)(F)F)c(F)c3)CC2)CC1. The van der Waals surface area contributed by atoms with Crippen molar-refractivity contribution in [3.63, 3.8) is 0 Å². The van der Waals surface area contributed by atoms with Crippen LogP contribution in [0, 0.1) is 23.6 Å². The third-order valence-electron chi connectivity index (χ3n) is 7.37. The van der Waals surface area contributed by atoms with E-state index >= 15 is 0 Å². The number of alkyl halides is 4. The Morgan fingerprint density at radius 3 is 2.12 bits per heavy atom. The van der Waals surface area contributed by atoms with Crippen molar-refractivity contribution in [1.82, 2.24) is 0 Å². The molecule has 6 heteroatoms. The van der Waals surface area contributed by atoms with E-state index in [1.807, 2.05) is 0 Å². The van der Waals surface area contributed by atoms with Crippen LogP contribution < -0.4 is 4.74 Å². The number of benzene rings is 1. The highest BCUT2D eigenvalue weighted by molar-refractivity contribution is 5.31. The average Bonchev–Trinajstić information content (AvgIpc) is 2.77. The van der Waals surface area contributed by atoms with Crippen molar-refractivity contribution in [2.45, 2.75) is 89.3 Å². The lowest BCUT2D eigenvalue weighted by Crippen LogP contribution is -2.25. The first-order valence-corrected chi connectivity index (χ1v) is 12.1. The zero-order valence-corrected chi connectivity index (χ0v) is 18.7. The molecule has 0 aromatic heterocycles. The van der Waals surface area contributed by atoms with Crippen molar-refractivity contribution in [1.29, 1.82) is 0 Å². The van der Waals surface area contributed by atoms with Gasteiger partial charge in [0.05, 0.1) is 6.67 Å². The molecule has 0 spiro atoms. The molecule has 32 heavy (non-hydrogen) atoms. The van der Waals surface area contributed by atoms with Crippen LogP contribution >= 0.6 is 0 Å². The maximum absolute atomic E-state index is 14.1. The van der Waals surface area contributed by atoms with Crippen LogP contribution in [0.1, 0.15) is 88.5 Å². The van der Waals surface area contributed by atoms with Crippen LogP contribution in [-0.4, -0.2) is 13.0 Å². The Labute approximate surface area is 188 Å². The molecular weight excluding hydrogens is 423 g/mol. The lowest BCUT2D eigenvalue weighted by atomic mass is 9.68. The first-order valence-electron chi connectivity index (χ1n) is 12.1. The minimum absolute atomic E-state index is 0.208. The Hall–Kier alpha value is -1.59. The number of allylic oxidation sites excluding steroid dienone is 2. The topological polar surface area (TPSA) is 9.23 Å². The molecule has 0 amide bonds. The van der Waals surface area contributed by atoms with Gasteiger partial charge in [-0.15, -0.1) is 13.2 Å². The van der Waals surface area contributed by atoms with E-state index in [0.29, 0.717) is 12.3 Å². The molecule has 180 valence electrons. The summed E-state index contributed by atoms with van der Waals surface area (Å²) < 4.78 is 66.9. The summed E-state index contributed by atoms with van der Waals surface area (Å²) in [6.07, 6.45) is 12.5. The molecule has 2 fully saturated rings. The van der Waals surface area contributed by atoms with Crippen LogP contribution in [0.2, 0.25) is 0 Å². The number of unbranched alkanes of at least 4 members (excludes halogenated alkanes) is 2. The third-order valence-corrected chi connectivity index (χ3v) is 7.37. The summed E-state index contributed by atoms with van der Waals surface area (Å²) in [7, 11) is 0. The lowest BCUT2D eigenvalue weighted by molar-refractivity contribution is -0.275. The van der Waals surface area contributed by atoms with Gasteiger partial charge in [0.1, 0.15) is 0 Å². The lowest BCUT2D eigenvalue weighted by Gasteiger charge is -2.38. The number of halogens is 5. The van der Waals surface area contributed by atoms with Gasteiger partial charge < -0.3 is 4.74 Å². The summed E-state index contributed by atoms with van der Waals surface area (Å²) in [6, 6.07) is 3.88. The molecule has 1 aromatic carbocycles. The second-order valence-electron chi connectivity index (χ2n) is 9.52. The minimum atomic E-state index is -4.88. The van der Waals surface area contributed by atoms with Gasteiger partial charge in [-0.25, -0.2) is 4.39 Å². The first-order chi connectivity index (χ1) is 15.4. The summed E-state index contributed by atoms with van der Waals surface area (Å²) in [5.74, 6) is 0.735. The molecule has 2 aliphatic carbocycles. The van der Waals surface area contributed by atoms with Gasteiger partial charge in [-0.05, 0) is 118 Å². The van der Waals surface area contributed by atoms with Crippen LogP contribution in [-0.2, 0) is 0 Å². The second kappa shape index (κ2) is 12.0. The molecule has 0 N–H and O–H groups in total. The van der Waals surface area contributed by atoms with Gasteiger partial charge in [0.15, 0.2) is 11.6 Å². The summed E-state index contributed by atoms with van der Waals surface area (Å²) in [4.78, 5) is 0. The van der Waals surface area contributed by atoms with E-state index in [-0.39, 0.29) is 12.6 Å². The van der Waals surface area contributed by atoms with Crippen molar-refractivity contribution in [2.75, 3.05) is 6.67 Å². The van der Waals surface area contributed by atoms with Crippen molar-refractivity contribution in [3.8, 4) is 5.75 Å². The molecular formula is C26H35F5O. The van der Waals surface area contributed by atoms with Crippen molar-refractivity contribution < 1.29 is 26.7 Å². The van der Waals surface area contributed by atoms with Gasteiger partial charge in [-0.2, -0.15) is 0 Å². The molecule has 1 aromatic rings. The van der Waals surface area contributed by atoms with Gasteiger partial charge in [0.25, 0.3) is 0 Å². The van der Waals surface area contributed by atoms with E-state index in [9.17, 15) is 22.0 Å². The second-order valence-corrected chi connectivity index (χ2v) is 9.52. The Bertz CT molecular complexity index is 713. The molecule has 0 atom stereocenters. The van der Waals surface area contributed by atoms with E-state index in [2.05, 4.69) is 16.9 Å². The van der Waals surface area contributed by atoms with E-state index in [4.69, 9.17) is 0 Å².